The molecule has 0 unspecified atom stereocenters. The number of amidine groups is 1. The lowest BCUT2D eigenvalue weighted by molar-refractivity contribution is -0.106. The SMILES string of the molecule is C.Cc1cc(F)c(N)cc1SCC(F)(F)F.Cc1cc(F)c(N=C2SCCN2c2ccccc2)cc1SCC(F)(F)F. The summed E-state index contributed by atoms with van der Waals surface area (Å²) >= 11 is 2.75. The zero-order valence-corrected chi connectivity index (χ0v) is 24.2. The van der Waals surface area contributed by atoms with Crippen LogP contribution < -0.4 is 10.6 Å². The Kier molecular flexibility index (Phi) is 12.9. The zero-order chi connectivity index (χ0) is 30.4. The number of aliphatic imine (C=N–C) groups is 1. The Labute approximate surface area is 252 Å². The lowest BCUT2D eigenvalue weighted by atomic mass is 10.2. The molecule has 0 amide bonds. The van der Waals surface area contributed by atoms with Crippen molar-refractivity contribution in [3.8, 4) is 0 Å². The Balaban J connectivity index is 0.000000330. The number of nitrogens with zero attached hydrogens (tertiary/aromatic N) is 2. The third-order valence-corrected chi connectivity index (χ3v) is 8.78. The highest BCUT2D eigenvalue weighted by Gasteiger charge is 2.29. The van der Waals surface area contributed by atoms with Gasteiger partial charge in [-0.2, -0.15) is 26.3 Å². The first-order valence-corrected chi connectivity index (χ1v) is 14.9. The number of para-hydroxylation sites is 1. The van der Waals surface area contributed by atoms with E-state index in [1.54, 1.807) is 13.8 Å². The van der Waals surface area contributed by atoms with Gasteiger partial charge in [-0.25, -0.2) is 13.8 Å². The number of benzene rings is 3. The Morgan fingerprint density at radius 3 is 1.90 bits per heavy atom. The van der Waals surface area contributed by atoms with Crippen LogP contribution in [0.1, 0.15) is 18.6 Å². The van der Waals surface area contributed by atoms with Crippen LogP contribution in [0.25, 0.3) is 0 Å². The molecule has 0 spiro atoms. The standard InChI is InChI=1S/C18H16F4N2S2.C9H9F4NS.CH4/c1-12-9-14(19)15(10-16(12)26-11-18(20,21)22)23-17-24(7-8-25-17)13-5-3-2-4-6-13;1-5-2-6(10)7(14)3-8(5)15-4-9(11,12)13;/h2-6,9-10H,7-8,11H2,1H3;2-3H,4,14H2,1H3;1H4. The normalized spacial score (nSPS) is 14.4. The zero-order valence-electron chi connectivity index (χ0n) is 21.7. The average molecular weight is 656 g/mol. The van der Waals surface area contributed by atoms with Crippen molar-refractivity contribution in [2.45, 2.75) is 43.4 Å². The molecule has 0 bridgehead atoms. The first-order valence-electron chi connectivity index (χ1n) is 11.9. The molecule has 3 aromatic rings. The summed E-state index contributed by atoms with van der Waals surface area (Å²) in [6, 6.07) is 14.6. The van der Waals surface area contributed by atoms with Crippen LogP contribution in [0.2, 0.25) is 0 Å². The maximum atomic E-state index is 14.3. The average Bonchev–Trinajstić information content (AvgIpc) is 3.34. The molecule has 1 aliphatic heterocycles. The molecule has 14 heteroatoms. The van der Waals surface area contributed by atoms with Crippen molar-refractivity contribution in [1.82, 2.24) is 0 Å². The van der Waals surface area contributed by atoms with Gasteiger partial charge in [0.25, 0.3) is 0 Å². The van der Waals surface area contributed by atoms with Gasteiger partial charge in [0.2, 0.25) is 0 Å². The molecular weight excluding hydrogens is 627 g/mol. The first-order chi connectivity index (χ1) is 19.1. The Bertz CT molecular complexity index is 1360. The quantitative estimate of drug-likeness (QED) is 0.163. The van der Waals surface area contributed by atoms with Crippen LogP contribution in [0, 0.1) is 25.5 Å². The molecule has 2 N–H and O–H groups in total. The minimum absolute atomic E-state index is 0. The van der Waals surface area contributed by atoms with E-state index in [2.05, 4.69) is 4.99 Å². The largest absolute Gasteiger partial charge is 0.398 e. The van der Waals surface area contributed by atoms with Crippen molar-refractivity contribution >= 4 is 57.5 Å². The molecule has 1 heterocycles. The first kappa shape index (κ1) is 35.6. The van der Waals surface area contributed by atoms with Gasteiger partial charge in [-0.1, -0.05) is 37.4 Å². The third kappa shape index (κ3) is 10.9. The summed E-state index contributed by atoms with van der Waals surface area (Å²) in [5.41, 5.74) is 7.07. The van der Waals surface area contributed by atoms with E-state index in [0.717, 1.165) is 24.1 Å². The fourth-order valence-corrected chi connectivity index (χ4v) is 6.06. The molecule has 1 fully saturated rings. The molecular formula is C28H29F8N3S3. The highest BCUT2D eigenvalue weighted by molar-refractivity contribution is 8.14. The fourth-order valence-electron chi connectivity index (χ4n) is 3.47. The summed E-state index contributed by atoms with van der Waals surface area (Å²) in [5.74, 6) is -2.34. The van der Waals surface area contributed by atoms with E-state index >= 15 is 0 Å². The van der Waals surface area contributed by atoms with E-state index in [4.69, 9.17) is 5.73 Å². The number of thioether (sulfide) groups is 3. The molecule has 0 radical (unpaired) electrons. The maximum Gasteiger partial charge on any atom is 0.398 e. The summed E-state index contributed by atoms with van der Waals surface area (Å²) in [4.78, 5) is 7.12. The number of aryl methyl sites for hydroxylation is 2. The third-order valence-electron chi connectivity index (χ3n) is 5.38. The second-order valence-electron chi connectivity index (χ2n) is 8.75. The van der Waals surface area contributed by atoms with Crippen LogP contribution in [0.15, 0.2) is 69.4 Å². The molecule has 3 aromatic carbocycles. The van der Waals surface area contributed by atoms with Gasteiger partial charge in [-0.15, -0.1) is 23.5 Å². The van der Waals surface area contributed by atoms with Crippen molar-refractivity contribution in [2.24, 2.45) is 4.99 Å². The minimum atomic E-state index is -4.27. The molecule has 4 rings (SSSR count). The number of nitrogens with two attached hydrogens (primary N) is 1. The molecule has 1 saturated heterocycles. The molecule has 230 valence electrons. The summed E-state index contributed by atoms with van der Waals surface area (Å²) in [6.45, 7) is 3.89. The van der Waals surface area contributed by atoms with Gasteiger partial charge in [0.05, 0.1) is 17.2 Å². The molecule has 0 aliphatic carbocycles. The van der Waals surface area contributed by atoms with Crippen LogP contribution in [-0.4, -0.2) is 41.3 Å². The lowest BCUT2D eigenvalue weighted by Gasteiger charge is -2.18. The number of hydrogen-bond donors (Lipinski definition) is 1. The molecule has 0 atom stereocenters. The molecule has 0 aromatic heterocycles. The number of alkyl halides is 6. The van der Waals surface area contributed by atoms with Crippen LogP contribution in [-0.2, 0) is 0 Å². The minimum Gasteiger partial charge on any atom is -0.396 e. The Morgan fingerprint density at radius 2 is 1.36 bits per heavy atom. The van der Waals surface area contributed by atoms with Gasteiger partial charge in [0.15, 0.2) is 5.17 Å². The van der Waals surface area contributed by atoms with Crippen molar-refractivity contribution in [3.05, 3.63) is 77.4 Å². The van der Waals surface area contributed by atoms with E-state index in [1.807, 2.05) is 35.2 Å². The van der Waals surface area contributed by atoms with E-state index in [1.165, 1.54) is 30.0 Å². The second-order valence-corrected chi connectivity index (χ2v) is 11.8. The van der Waals surface area contributed by atoms with Gasteiger partial charge in [0.1, 0.15) is 17.3 Å². The lowest BCUT2D eigenvalue weighted by Crippen LogP contribution is -2.23. The number of halogens is 8. The molecule has 1 aliphatic rings. The maximum absolute atomic E-state index is 14.3. The van der Waals surface area contributed by atoms with Crippen LogP contribution in [0.3, 0.4) is 0 Å². The van der Waals surface area contributed by atoms with Crippen LogP contribution in [0.4, 0.5) is 52.2 Å². The fraction of sp³-hybridized carbons (Fsp3) is 0.321. The van der Waals surface area contributed by atoms with E-state index in [9.17, 15) is 35.1 Å². The van der Waals surface area contributed by atoms with Crippen LogP contribution >= 0.6 is 35.3 Å². The topological polar surface area (TPSA) is 41.6 Å². The van der Waals surface area contributed by atoms with E-state index < -0.39 is 35.5 Å². The van der Waals surface area contributed by atoms with E-state index in [0.29, 0.717) is 49.6 Å². The molecule has 0 saturated carbocycles. The highest BCUT2D eigenvalue weighted by Crippen LogP contribution is 2.35. The molecule has 3 nitrogen and oxygen atoms in total. The van der Waals surface area contributed by atoms with Crippen molar-refractivity contribution < 1.29 is 35.1 Å². The predicted molar refractivity (Wildman–Crippen MR) is 160 cm³/mol. The van der Waals surface area contributed by atoms with Crippen molar-refractivity contribution in [2.75, 3.05) is 34.4 Å². The summed E-state index contributed by atoms with van der Waals surface area (Å²) < 4.78 is 100. The highest BCUT2D eigenvalue weighted by atomic mass is 32.2. The number of rotatable bonds is 6. The number of nitrogen functional groups attached to an aromatic ring is 1. The molecule has 42 heavy (non-hydrogen) atoms. The van der Waals surface area contributed by atoms with Crippen molar-refractivity contribution in [1.29, 1.82) is 0 Å². The predicted octanol–water partition coefficient (Wildman–Crippen LogP) is 10.0. The van der Waals surface area contributed by atoms with Gasteiger partial charge in [-0.05, 0) is 61.4 Å². The second kappa shape index (κ2) is 15.2. The number of anilines is 2. The monoisotopic (exact) mass is 655 g/mol. The van der Waals surface area contributed by atoms with Gasteiger partial charge in [-0.3, -0.25) is 0 Å². The van der Waals surface area contributed by atoms with Crippen LogP contribution in [0.5, 0.6) is 0 Å². The van der Waals surface area contributed by atoms with Gasteiger partial charge in [0, 0.05) is 27.8 Å². The van der Waals surface area contributed by atoms with Gasteiger partial charge < -0.3 is 10.6 Å². The van der Waals surface area contributed by atoms with Gasteiger partial charge >= 0.3 is 12.4 Å². The summed E-state index contributed by atoms with van der Waals surface area (Å²) in [6.07, 6.45) is -8.51. The van der Waals surface area contributed by atoms with E-state index in [-0.39, 0.29) is 18.8 Å². The summed E-state index contributed by atoms with van der Waals surface area (Å²) in [5, 5.41) is 0.644. The Hall–Kier alpha value is -2.58. The smallest absolute Gasteiger partial charge is 0.396 e. The number of hydrogen-bond acceptors (Lipinski definition) is 5. The Morgan fingerprint density at radius 1 is 0.833 bits per heavy atom. The van der Waals surface area contributed by atoms with Crippen molar-refractivity contribution in [3.63, 3.8) is 0 Å². The summed E-state index contributed by atoms with van der Waals surface area (Å²) in [7, 11) is 0.